The van der Waals surface area contributed by atoms with Gasteiger partial charge in [0.1, 0.15) is 11.5 Å². The van der Waals surface area contributed by atoms with E-state index in [1.54, 1.807) is 19.1 Å². The van der Waals surface area contributed by atoms with Crippen LogP contribution >= 0.6 is 0 Å². The first-order valence-corrected chi connectivity index (χ1v) is 8.66. The summed E-state index contributed by atoms with van der Waals surface area (Å²) in [6.45, 7) is 8.70. The first-order chi connectivity index (χ1) is 11.9. The maximum Gasteiger partial charge on any atom is 0.255 e. The number of amides is 2. The first kappa shape index (κ1) is 18.8. The van der Waals surface area contributed by atoms with Crippen molar-refractivity contribution in [3.8, 4) is 0 Å². The van der Waals surface area contributed by atoms with E-state index in [-0.39, 0.29) is 11.8 Å². The molecule has 0 bridgehead atoms. The highest BCUT2D eigenvalue weighted by molar-refractivity contribution is 5.97. The molecule has 0 saturated heterocycles. The number of carbonyl (C=O) groups is 2. The van der Waals surface area contributed by atoms with Gasteiger partial charge in [-0.2, -0.15) is 0 Å². The summed E-state index contributed by atoms with van der Waals surface area (Å²) in [6, 6.07) is 7.27. The fraction of sp³-hybridized carbons (Fsp3) is 0.400. The molecule has 2 aromatic rings. The molecule has 2 rings (SSSR count). The summed E-state index contributed by atoms with van der Waals surface area (Å²) in [5, 5.41) is 5.79. The zero-order valence-corrected chi connectivity index (χ0v) is 15.4. The van der Waals surface area contributed by atoms with Crippen LogP contribution < -0.4 is 10.6 Å². The number of unbranched alkanes of at least 4 members (excludes halogenated alkanes) is 1. The highest BCUT2D eigenvalue weighted by Crippen LogP contribution is 2.20. The number of nitrogens with one attached hydrogen (secondary N) is 2. The van der Waals surface area contributed by atoms with Crippen LogP contribution in [0.15, 0.2) is 28.7 Å². The van der Waals surface area contributed by atoms with Crippen LogP contribution in [0.4, 0.5) is 0 Å². The quantitative estimate of drug-likeness (QED) is 0.754. The van der Waals surface area contributed by atoms with Gasteiger partial charge in [-0.3, -0.25) is 9.59 Å². The van der Waals surface area contributed by atoms with Crippen molar-refractivity contribution < 1.29 is 14.0 Å². The Morgan fingerprint density at radius 2 is 1.64 bits per heavy atom. The van der Waals surface area contributed by atoms with Gasteiger partial charge in [0, 0.05) is 24.2 Å². The zero-order chi connectivity index (χ0) is 18.4. The second-order valence-electron chi connectivity index (χ2n) is 6.20. The van der Waals surface area contributed by atoms with Gasteiger partial charge < -0.3 is 15.1 Å². The van der Waals surface area contributed by atoms with Crippen molar-refractivity contribution in [1.29, 1.82) is 0 Å². The van der Waals surface area contributed by atoms with Gasteiger partial charge >= 0.3 is 0 Å². The summed E-state index contributed by atoms with van der Waals surface area (Å²) in [6.07, 6.45) is 2.02. The topological polar surface area (TPSA) is 71.3 Å². The largest absolute Gasteiger partial charge is 0.466 e. The minimum Gasteiger partial charge on any atom is -0.466 e. The molecule has 0 aliphatic rings. The molecule has 0 saturated carbocycles. The van der Waals surface area contributed by atoms with Gasteiger partial charge in [-0.25, -0.2) is 0 Å². The molecular weight excluding hydrogens is 316 g/mol. The van der Waals surface area contributed by atoms with E-state index in [9.17, 15) is 9.59 Å². The number of benzene rings is 1. The third-order valence-corrected chi connectivity index (χ3v) is 4.27. The number of hydrogen-bond donors (Lipinski definition) is 2. The summed E-state index contributed by atoms with van der Waals surface area (Å²) >= 11 is 0. The Balaban J connectivity index is 1.93. The number of rotatable bonds is 7. The molecule has 134 valence electrons. The molecule has 0 spiro atoms. The standard InChI is InChI=1S/C20H26N2O3/c1-5-6-11-21-19(23)17-9-7-16(8-10-17)12-22-20(24)18-13(2)14(3)25-15(18)4/h7-10H,5-6,11-12H2,1-4H3,(H,21,23)(H,22,24). The Bertz CT molecular complexity index is 745. The lowest BCUT2D eigenvalue weighted by atomic mass is 10.1. The minimum atomic E-state index is -0.145. The summed E-state index contributed by atoms with van der Waals surface area (Å²) in [7, 11) is 0. The molecule has 2 amide bonds. The zero-order valence-electron chi connectivity index (χ0n) is 15.4. The van der Waals surface area contributed by atoms with Crippen LogP contribution in [0.1, 0.15) is 63.1 Å². The predicted molar refractivity (Wildman–Crippen MR) is 97.8 cm³/mol. The van der Waals surface area contributed by atoms with Crippen molar-refractivity contribution in [3.05, 3.63) is 58.0 Å². The number of carbonyl (C=O) groups excluding carboxylic acids is 2. The van der Waals surface area contributed by atoms with Crippen LogP contribution in [0.5, 0.6) is 0 Å². The Labute approximate surface area is 148 Å². The molecule has 5 heteroatoms. The minimum absolute atomic E-state index is 0.0656. The van der Waals surface area contributed by atoms with Crippen LogP contribution in [0.25, 0.3) is 0 Å². The van der Waals surface area contributed by atoms with E-state index in [0.717, 1.165) is 29.7 Å². The highest BCUT2D eigenvalue weighted by Gasteiger charge is 2.18. The second kappa shape index (κ2) is 8.51. The van der Waals surface area contributed by atoms with Crippen LogP contribution in [0.3, 0.4) is 0 Å². The number of hydrogen-bond acceptors (Lipinski definition) is 3. The summed E-state index contributed by atoms with van der Waals surface area (Å²) < 4.78 is 5.50. The van der Waals surface area contributed by atoms with Crippen LogP contribution in [0.2, 0.25) is 0 Å². The predicted octanol–water partition coefficient (Wildman–Crippen LogP) is 3.66. The maximum absolute atomic E-state index is 12.4. The molecule has 0 atom stereocenters. The van der Waals surface area contributed by atoms with E-state index in [1.165, 1.54) is 0 Å². The number of aryl methyl sites for hydroxylation is 2. The molecule has 25 heavy (non-hydrogen) atoms. The third-order valence-electron chi connectivity index (χ3n) is 4.27. The molecule has 0 unspecified atom stereocenters. The smallest absolute Gasteiger partial charge is 0.255 e. The molecule has 2 N–H and O–H groups in total. The lowest BCUT2D eigenvalue weighted by Crippen LogP contribution is -2.25. The molecule has 0 aliphatic heterocycles. The van der Waals surface area contributed by atoms with Gasteiger partial charge in [-0.05, 0) is 44.9 Å². The SMILES string of the molecule is CCCCNC(=O)c1ccc(CNC(=O)c2c(C)oc(C)c2C)cc1. The van der Waals surface area contributed by atoms with E-state index in [0.29, 0.717) is 30.0 Å². The lowest BCUT2D eigenvalue weighted by molar-refractivity contribution is 0.0941. The van der Waals surface area contributed by atoms with Crippen LogP contribution in [-0.4, -0.2) is 18.4 Å². The van der Waals surface area contributed by atoms with Crippen molar-refractivity contribution in [1.82, 2.24) is 10.6 Å². The van der Waals surface area contributed by atoms with Crippen molar-refractivity contribution in [2.75, 3.05) is 6.54 Å². The van der Waals surface area contributed by atoms with Crippen molar-refractivity contribution >= 4 is 11.8 Å². The van der Waals surface area contributed by atoms with E-state index >= 15 is 0 Å². The van der Waals surface area contributed by atoms with Crippen LogP contribution in [0, 0.1) is 20.8 Å². The normalized spacial score (nSPS) is 10.6. The number of furan rings is 1. The van der Waals surface area contributed by atoms with Crippen molar-refractivity contribution in [2.45, 2.75) is 47.1 Å². The Hall–Kier alpha value is -2.56. The van der Waals surface area contributed by atoms with Crippen LogP contribution in [-0.2, 0) is 6.54 Å². The van der Waals surface area contributed by atoms with E-state index in [1.807, 2.05) is 26.0 Å². The first-order valence-electron chi connectivity index (χ1n) is 8.66. The summed E-state index contributed by atoms with van der Waals surface area (Å²) in [4.78, 5) is 24.3. The van der Waals surface area contributed by atoms with E-state index in [4.69, 9.17) is 4.42 Å². The average Bonchev–Trinajstić information content (AvgIpc) is 2.85. The fourth-order valence-electron chi connectivity index (χ4n) is 2.65. The van der Waals surface area contributed by atoms with Gasteiger partial charge in [0.2, 0.25) is 0 Å². The van der Waals surface area contributed by atoms with Gasteiger partial charge in [0.15, 0.2) is 0 Å². The lowest BCUT2D eigenvalue weighted by Gasteiger charge is -2.07. The molecule has 0 aliphatic carbocycles. The Morgan fingerprint density at radius 1 is 0.960 bits per heavy atom. The molecule has 0 radical (unpaired) electrons. The molecule has 1 aromatic heterocycles. The van der Waals surface area contributed by atoms with Crippen molar-refractivity contribution in [3.63, 3.8) is 0 Å². The monoisotopic (exact) mass is 342 g/mol. The van der Waals surface area contributed by atoms with E-state index in [2.05, 4.69) is 17.6 Å². The molecular formula is C20H26N2O3. The summed E-state index contributed by atoms with van der Waals surface area (Å²) in [5.74, 6) is 1.19. The van der Waals surface area contributed by atoms with E-state index < -0.39 is 0 Å². The Morgan fingerprint density at radius 3 is 2.20 bits per heavy atom. The molecule has 1 aromatic carbocycles. The third kappa shape index (κ3) is 4.72. The second-order valence-corrected chi connectivity index (χ2v) is 6.20. The van der Waals surface area contributed by atoms with Gasteiger partial charge in [0.05, 0.1) is 5.56 Å². The highest BCUT2D eigenvalue weighted by atomic mass is 16.3. The Kier molecular flexibility index (Phi) is 6.39. The fourth-order valence-corrected chi connectivity index (χ4v) is 2.65. The van der Waals surface area contributed by atoms with Gasteiger partial charge in [-0.15, -0.1) is 0 Å². The molecule has 0 fully saturated rings. The van der Waals surface area contributed by atoms with Crippen molar-refractivity contribution in [2.24, 2.45) is 0 Å². The van der Waals surface area contributed by atoms with Gasteiger partial charge in [-0.1, -0.05) is 25.5 Å². The molecule has 5 nitrogen and oxygen atoms in total. The van der Waals surface area contributed by atoms with Gasteiger partial charge in [0.25, 0.3) is 11.8 Å². The summed E-state index contributed by atoms with van der Waals surface area (Å²) in [5.41, 5.74) is 3.04. The molecule has 1 heterocycles. The average molecular weight is 342 g/mol. The maximum atomic E-state index is 12.4.